The lowest BCUT2D eigenvalue weighted by Gasteiger charge is -2.16. The summed E-state index contributed by atoms with van der Waals surface area (Å²) in [4.78, 5) is 24.9. The molecule has 0 aromatic heterocycles. The Labute approximate surface area is 130 Å². The fourth-order valence-corrected chi connectivity index (χ4v) is 2.75. The van der Waals surface area contributed by atoms with Crippen LogP contribution < -0.4 is 0 Å². The third kappa shape index (κ3) is 4.07. The molecule has 0 aliphatic carbocycles. The lowest BCUT2D eigenvalue weighted by molar-refractivity contribution is -0.131. The summed E-state index contributed by atoms with van der Waals surface area (Å²) < 4.78 is 0. The molecule has 2 rings (SSSR count). The second-order valence-corrected chi connectivity index (χ2v) is 6.49. The Balaban J connectivity index is 2.12. The first-order valence-corrected chi connectivity index (χ1v) is 7.24. The topological polar surface area (TPSA) is 57.6 Å². The molecule has 0 unspecified atom stereocenters. The van der Waals surface area contributed by atoms with Crippen molar-refractivity contribution in [3.8, 4) is 0 Å². The number of hydrogen-bond donors (Lipinski definition) is 1. The molecule has 0 radical (unpaired) electrons. The first kappa shape index (κ1) is 16.0. The Kier molecular flexibility index (Phi) is 4.50. The second kappa shape index (κ2) is 6.18. The van der Waals surface area contributed by atoms with E-state index in [0.717, 1.165) is 30.3 Å². The zero-order chi connectivity index (χ0) is 16.3. The summed E-state index contributed by atoms with van der Waals surface area (Å²) in [6, 6.07) is 6.93. The molecule has 0 amide bonds. The number of allylic oxidation sites excluding steroid dienone is 2. The number of carboxylic acids is 1. The molecule has 116 valence electrons. The quantitative estimate of drug-likeness (QED) is 0.685. The van der Waals surface area contributed by atoms with E-state index in [0.29, 0.717) is 5.56 Å². The van der Waals surface area contributed by atoms with Crippen molar-refractivity contribution in [2.45, 2.75) is 20.3 Å². The highest BCUT2D eigenvalue weighted by Crippen LogP contribution is 2.35. The van der Waals surface area contributed by atoms with Gasteiger partial charge in [0.2, 0.25) is 0 Å². The molecule has 4 heteroatoms. The van der Waals surface area contributed by atoms with E-state index in [1.165, 1.54) is 6.08 Å². The number of aliphatic carboxylic acids is 1. The number of rotatable bonds is 4. The number of carboxylic acid groups (broad SMARTS) is 1. The van der Waals surface area contributed by atoms with Crippen LogP contribution in [0.5, 0.6) is 0 Å². The van der Waals surface area contributed by atoms with Crippen LogP contribution in [-0.4, -0.2) is 35.4 Å². The summed E-state index contributed by atoms with van der Waals surface area (Å²) in [5.41, 5.74) is 2.63. The van der Waals surface area contributed by atoms with Gasteiger partial charge in [0.1, 0.15) is 0 Å². The van der Waals surface area contributed by atoms with Gasteiger partial charge in [-0.15, -0.1) is 0 Å². The smallest absolute Gasteiger partial charge is 0.328 e. The van der Waals surface area contributed by atoms with Crippen molar-refractivity contribution < 1.29 is 14.7 Å². The minimum Gasteiger partial charge on any atom is -0.478 e. The van der Waals surface area contributed by atoms with Crippen molar-refractivity contribution in [3.63, 3.8) is 0 Å². The molecule has 0 bridgehead atoms. The average Bonchev–Trinajstić information content (AvgIpc) is 2.69. The van der Waals surface area contributed by atoms with Gasteiger partial charge in [0.05, 0.1) is 0 Å². The summed E-state index contributed by atoms with van der Waals surface area (Å²) in [6.07, 6.45) is 5.18. The minimum atomic E-state index is -0.989. The molecule has 1 N–H and O–H groups in total. The van der Waals surface area contributed by atoms with Crippen LogP contribution in [0.4, 0.5) is 0 Å². The lowest BCUT2D eigenvalue weighted by Crippen LogP contribution is -2.18. The summed E-state index contributed by atoms with van der Waals surface area (Å²) in [5.74, 6) is -1.01. The third-order valence-electron chi connectivity index (χ3n) is 3.73. The third-order valence-corrected chi connectivity index (χ3v) is 3.73. The van der Waals surface area contributed by atoms with Gasteiger partial charge in [-0.3, -0.25) is 4.79 Å². The van der Waals surface area contributed by atoms with E-state index >= 15 is 0 Å². The van der Waals surface area contributed by atoms with Gasteiger partial charge in [-0.1, -0.05) is 38.1 Å². The SMILES string of the molecule is CN1CC(C)(C)C/C1=C\C(=O)c1ccc(/C=C/C(=O)O)cc1. The maximum Gasteiger partial charge on any atom is 0.328 e. The van der Waals surface area contributed by atoms with Crippen molar-refractivity contribution in [1.82, 2.24) is 4.90 Å². The Morgan fingerprint density at radius 2 is 1.86 bits per heavy atom. The van der Waals surface area contributed by atoms with Crippen LogP contribution in [0.2, 0.25) is 0 Å². The van der Waals surface area contributed by atoms with Gasteiger partial charge < -0.3 is 10.0 Å². The molecule has 1 aliphatic heterocycles. The highest BCUT2D eigenvalue weighted by Gasteiger charge is 2.30. The number of hydrogen-bond acceptors (Lipinski definition) is 3. The van der Waals surface area contributed by atoms with E-state index < -0.39 is 5.97 Å². The Bertz CT molecular complexity index is 639. The molecular weight excluding hydrogens is 278 g/mol. The number of nitrogens with zero attached hydrogens (tertiary/aromatic N) is 1. The maximum atomic E-state index is 12.3. The predicted molar refractivity (Wildman–Crippen MR) is 86.6 cm³/mol. The van der Waals surface area contributed by atoms with Crippen LogP contribution in [0.15, 0.2) is 42.1 Å². The van der Waals surface area contributed by atoms with Crippen molar-refractivity contribution in [3.05, 3.63) is 53.2 Å². The molecule has 1 saturated heterocycles. The van der Waals surface area contributed by atoms with Gasteiger partial charge in [-0.05, 0) is 23.5 Å². The number of likely N-dealkylation sites (tertiary alicyclic amines) is 1. The molecule has 1 heterocycles. The standard InChI is InChI=1S/C18H21NO3/c1-18(2)11-15(19(3)12-18)10-16(20)14-7-4-13(5-8-14)6-9-17(21)22/h4-10H,11-12H2,1-3H3,(H,21,22)/b9-6+,15-10+. The van der Waals surface area contributed by atoms with Crippen LogP contribution in [0.3, 0.4) is 0 Å². The van der Waals surface area contributed by atoms with Crippen molar-refractivity contribution >= 4 is 17.8 Å². The zero-order valence-corrected chi connectivity index (χ0v) is 13.2. The van der Waals surface area contributed by atoms with Crippen LogP contribution in [0.25, 0.3) is 6.08 Å². The molecule has 0 spiro atoms. The van der Waals surface area contributed by atoms with E-state index in [1.54, 1.807) is 30.3 Å². The number of carbonyl (C=O) groups excluding carboxylic acids is 1. The van der Waals surface area contributed by atoms with Crippen molar-refractivity contribution in [1.29, 1.82) is 0 Å². The summed E-state index contributed by atoms with van der Waals surface area (Å²) in [6.45, 7) is 5.34. The molecular formula is C18H21NO3. The van der Waals surface area contributed by atoms with Crippen LogP contribution in [0.1, 0.15) is 36.2 Å². The van der Waals surface area contributed by atoms with Crippen molar-refractivity contribution in [2.24, 2.45) is 5.41 Å². The first-order valence-electron chi connectivity index (χ1n) is 7.24. The van der Waals surface area contributed by atoms with Gasteiger partial charge in [0.25, 0.3) is 0 Å². The highest BCUT2D eigenvalue weighted by atomic mass is 16.4. The van der Waals surface area contributed by atoms with Crippen LogP contribution in [0, 0.1) is 5.41 Å². The summed E-state index contributed by atoms with van der Waals surface area (Å²) in [5, 5.41) is 8.59. The lowest BCUT2D eigenvalue weighted by atomic mass is 9.92. The number of ketones is 1. The summed E-state index contributed by atoms with van der Waals surface area (Å²) in [7, 11) is 2.01. The van der Waals surface area contributed by atoms with E-state index in [9.17, 15) is 9.59 Å². The van der Waals surface area contributed by atoms with Gasteiger partial charge in [-0.25, -0.2) is 4.79 Å². The van der Waals surface area contributed by atoms with Gasteiger partial charge >= 0.3 is 5.97 Å². The predicted octanol–water partition coefficient (Wildman–Crippen LogP) is 3.21. The monoisotopic (exact) mass is 299 g/mol. The molecule has 4 nitrogen and oxygen atoms in total. The maximum absolute atomic E-state index is 12.3. The van der Waals surface area contributed by atoms with Gasteiger partial charge in [0, 0.05) is 37.0 Å². The number of benzene rings is 1. The Morgan fingerprint density at radius 3 is 2.36 bits per heavy atom. The van der Waals surface area contributed by atoms with Gasteiger partial charge in [-0.2, -0.15) is 0 Å². The Hall–Kier alpha value is -2.36. The second-order valence-electron chi connectivity index (χ2n) is 6.49. The molecule has 0 saturated carbocycles. The van der Waals surface area contributed by atoms with E-state index in [4.69, 9.17) is 5.11 Å². The molecule has 1 fully saturated rings. The molecule has 1 aliphatic rings. The van der Waals surface area contributed by atoms with E-state index in [2.05, 4.69) is 18.7 Å². The number of carbonyl (C=O) groups is 2. The molecule has 1 aromatic carbocycles. The molecule has 22 heavy (non-hydrogen) atoms. The van der Waals surface area contributed by atoms with Gasteiger partial charge in [0.15, 0.2) is 5.78 Å². The zero-order valence-electron chi connectivity index (χ0n) is 13.2. The first-order chi connectivity index (χ1) is 10.3. The normalized spacial score (nSPS) is 19.0. The highest BCUT2D eigenvalue weighted by molar-refractivity contribution is 6.05. The molecule has 0 atom stereocenters. The van der Waals surface area contributed by atoms with Crippen LogP contribution >= 0.6 is 0 Å². The minimum absolute atomic E-state index is 0.0201. The summed E-state index contributed by atoms with van der Waals surface area (Å²) >= 11 is 0. The average molecular weight is 299 g/mol. The fraction of sp³-hybridized carbons (Fsp3) is 0.333. The largest absolute Gasteiger partial charge is 0.478 e. The Morgan fingerprint density at radius 1 is 1.23 bits per heavy atom. The van der Waals surface area contributed by atoms with E-state index in [-0.39, 0.29) is 11.2 Å². The van der Waals surface area contributed by atoms with Crippen LogP contribution in [-0.2, 0) is 4.79 Å². The fourth-order valence-electron chi connectivity index (χ4n) is 2.75. The van der Waals surface area contributed by atoms with Crippen molar-refractivity contribution in [2.75, 3.05) is 13.6 Å². The molecule has 1 aromatic rings. The van der Waals surface area contributed by atoms with E-state index in [1.807, 2.05) is 7.05 Å².